The molecule has 0 aliphatic rings. The van der Waals surface area contributed by atoms with E-state index in [9.17, 15) is 13.6 Å². The molecule has 0 saturated heterocycles. The Morgan fingerprint density at radius 1 is 1.31 bits per heavy atom. The third kappa shape index (κ3) is 3.06. The minimum Gasteiger partial charge on any atom is -0.459 e. The van der Waals surface area contributed by atoms with Gasteiger partial charge in [0, 0.05) is 0 Å². The van der Waals surface area contributed by atoms with Crippen molar-refractivity contribution in [2.45, 2.75) is 45.1 Å². The molecule has 0 heterocycles. The van der Waals surface area contributed by atoms with Crippen LogP contribution in [0, 0.1) is 0 Å². The van der Waals surface area contributed by atoms with E-state index in [0.29, 0.717) is 0 Å². The SMILES string of the molecule is CC(C)OC(=O)C(F)(F)[Si](C)(C)C. The summed E-state index contributed by atoms with van der Waals surface area (Å²) in [4.78, 5) is 11.0. The van der Waals surface area contributed by atoms with Gasteiger partial charge in [0.2, 0.25) is 0 Å². The summed E-state index contributed by atoms with van der Waals surface area (Å²) in [6, 6.07) is 0. The maximum atomic E-state index is 13.3. The molecule has 0 aliphatic heterocycles. The van der Waals surface area contributed by atoms with Crippen LogP contribution in [0.1, 0.15) is 13.8 Å². The molecule has 0 N–H and O–H groups in total. The molecule has 0 rings (SSSR count). The van der Waals surface area contributed by atoms with Gasteiger partial charge in [-0.2, -0.15) is 8.78 Å². The zero-order valence-corrected chi connectivity index (χ0v) is 9.65. The van der Waals surface area contributed by atoms with Gasteiger partial charge in [0.25, 0.3) is 0 Å². The van der Waals surface area contributed by atoms with Crippen molar-refractivity contribution in [3.05, 3.63) is 0 Å². The largest absolute Gasteiger partial charge is 0.459 e. The van der Waals surface area contributed by atoms with Crippen molar-refractivity contribution in [1.29, 1.82) is 0 Å². The van der Waals surface area contributed by atoms with E-state index < -0.39 is 25.7 Å². The molecule has 0 aliphatic carbocycles. The number of hydrogen-bond donors (Lipinski definition) is 0. The van der Waals surface area contributed by atoms with Gasteiger partial charge in [-0.1, -0.05) is 19.6 Å². The second kappa shape index (κ2) is 3.73. The average molecular weight is 210 g/mol. The average Bonchev–Trinajstić information content (AvgIpc) is 1.82. The maximum absolute atomic E-state index is 13.3. The number of hydrogen-bond acceptors (Lipinski definition) is 2. The summed E-state index contributed by atoms with van der Waals surface area (Å²) < 4.78 is 31.0. The molecule has 0 radical (unpaired) electrons. The lowest BCUT2D eigenvalue weighted by atomic mass is 10.5. The minimum atomic E-state index is -3.29. The molecule has 0 atom stereocenters. The molecular weight excluding hydrogens is 194 g/mol. The number of alkyl halides is 2. The van der Waals surface area contributed by atoms with Crippen LogP contribution in [0.4, 0.5) is 8.78 Å². The highest BCUT2D eigenvalue weighted by molar-refractivity contribution is 6.81. The van der Waals surface area contributed by atoms with Crippen molar-refractivity contribution in [1.82, 2.24) is 0 Å². The number of ether oxygens (including phenoxy) is 1. The highest BCUT2D eigenvalue weighted by Gasteiger charge is 2.53. The summed E-state index contributed by atoms with van der Waals surface area (Å²) in [6.07, 6.45) is -0.491. The Morgan fingerprint density at radius 2 is 1.69 bits per heavy atom. The van der Waals surface area contributed by atoms with Crippen LogP contribution in [0.5, 0.6) is 0 Å². The zero-order valence-electron chi connectivity index (χ0n) is 8.65. The fourth-order valence-corrected chi connectivity index (χ4v) is 1.27. The van der Waals surface area contributed by atoms with Crippen molar-refractivity contribution in [2.24, 2.45) is 0 Å². The summed E-state index contributed by atoms with van der Waals surface area (Å²) in [5, 5.41) is 0. The molecule has 13 heavy (non-hydrogen) atoms. The number of halogens is 2. The number of esters is 1. The van der Waals surface area contributed by atoms with E-state index in [-0.39, 0.29) is 0 Å². The summed E-state index contributed by atoms with van der Waals surface area (Å²) in [7, 11) is -2.82. The monoisotopic (exact) mass is 210 g/mol. The van der Waals surface area contributed by atoms with E-state index in [2.05, 4.69) is 4.74 Å². The van der Waals surface area contributed by atoms with Crippen molar-refractivity contribution in [3.8, 4) is 0 Å². The number of rotatable bonds is 3. The first kappa shape index (κ1) is 12.5. The maximum Gasteiger partial charge on any atom is 0.372 e. The van der Waals surface area contributed by atoms with E-state index in [1.807, 2.05) is 0 Å². The first-order chi connectivity index (χ1) is 5.59. The van der Waals surface area contributed by atoms with Gasteiger partial charge in [-0.3, -0.25) is 0 Å². The molecule has 0 aromatic heterocycles. The Bertz CT molecular complexity index is 197. The Balaban J connectivity index is 4.56. The van der Waals surface area contributed by atoms with E-state index in [4.69, 9.17) is 0 Å². The fourth-order valence-electron chi connectivity index (χ4n) is 0.594. The van der Waals surface area contributed by atoms with Crippen LogP contribution in [0.25, 0.3) is 0 Å². The van der Waals surface area contributed by atoms with Crippen LogP contribution in [0.15, 0.2) is 0 Å². The van der Waals surface area contributed by atoms with Gasteiger partial charge in [0.1, 0.15) is 8.07 Å². The van der Waals surface area contributed by atoms with Gasteiger partial charge in [-0.05, 0) is 13.8 Å². The Kier molecular flexibility index (Phi) is 3.60. The predicted octanol–water partition coefficient (Wildman–Crippen LogP) is 2.45. The third-order valence-corrected chi connectivity index (χ3v) is 3.63. The molecule has 0 unspecified atom stereocenters. The van der Waals surface area contributed by atoms with E-state index in [1.165, 1.54) is 19.6 Å². The standard InChI is InChI=1S/C8H16F2O2Si/c1-6(2)12-7(11)8(9,10)13(3,4)5/h6H,1-5H3. The van der Waals surface area contributed by atoms with Gasteiger partial charge in [-0.15, -0.1) is 0 Å². The molecule has 5 heteroatoms. The summed E-state index contributed by atoms with van der Waals surface area (Å²) >= 11 is 0. The zero-order chi connectivity index (χ0) is 10.9. The van der Waals surface area contributed by atoms with E-state index in [1.54, 1.807) is 13.8 Å². The van der Waals surface area contributed by atoms with Crippen LogP contribution >= 0.6 is 0 Å². The first-order valence-corrected chi connectivity index (χ1v) is 7.68. The lowest BCUT2D eigenvalue weighted by Gasteiger charge is -2.26. The lowest BCUT2D eigenvalue weighted by molar-refractivity contribution is -0.166. The molecule has 2 nitrogen and oxygen atoms in total. The Labute approximate surface area is 78.3 Å². The second-order valence-electron chi connectivity index (χ2n) is 4.28. The summed E-state index contributed by atoms with van der Waals surface area (Å²) in [6.45, 7) is 7.42. The molecule has 78 valence electrons. The van der Waals surface area contributed by atoms with Crippen molar-refractivity contribution in [3.63, 3.8) is 0 Å². The molecule has 0 amide bonds. The molecular formula is C8H16F2O2Si. The van der Waals surface area contributed by atoms with Gasteiger partial charge >= 0.3 is 11.5 Å². The van der Waals surface area contributed by atoms with Gasteiger partial charge in [0.05, 0.1) is 6.10 Å². The van der Waals surface area contributed by atoms with Crippen molar-refractivity contribution >= 4 is 14.0 Å². The minimum absolute atomic E-state index is 0.491. The van der Waals surface area contributed by atoms with E-state index >= 15 is 0 Å². The predicted molar refractivity (Wildman–Crippen MR) is 49.5 cm³/mol. The normalized spacial score (nSPS) is 13.2. The molecule has 0 fully saturated rings. The van der Waals surface area contributed by atoms with E-state index in [0.717, 1.165) is 0 Å². The molecule has 0 bridgehead atoms. The first-order valence-electron chi connectivity index (χ1n) is 4.18. The molecule has 0 aromatic carbocycles. The van der Waals surface area contributed by atoms with Crippen LogP contribution in [0.3, 0.4) is 0 Å². The summed E-state index contributed by atoms with van der Waals surface area (Å²) in [5.41, 5.74) is -3.29. The Hall–Kier alpha value is -0.453. The van der Waals surface area contributed by atoms with Crippen LogP contribution in [-0.2, 0) is 9.53 Å². The van der Waals surface area contributed by atoms with Crippen LogP contribution in [0.2, 0.25) is 19.6 Å². The smallest absolute Gasteiger partial charge is 0.372 e. The highest BCUT2D eigenvalue weighted by atomic mass is 28.3. The van der Waals surface area contributed by atoms with Gasteiger partial charge in [0.15, 0.2) is 0 Å². The molecule has 0 aromatic rings. The Morgan fingerprint density at radius 3 is 1.92 bits per heavy atom. The second-order valence-corrected chi connectivity index (χ2v) is 9.41. The van der Waals surface area contributed by atoms with Crippen LogP contribution < -0.4 is 0 Å². The number of carbonyl (C=O) groups is 1. The van der Waals surface area contributed by atoms with Crippen molar-refractivity contribution < 1.29 is 18.3 Å². The third-order valence-electron chi connectivity index (χ3n) is 1.54. The molecule has 0 saturated carbocycles. The highest BCUT2D eigenvalue weighted by Crippen LogP contribution is 2.28. The molecule has 0 spiro atoms. The quantitative estimate of drug-likeness (QED) is 0.528. The lowest BCUT2D eigenvalue weighted by Crippen LogP contribution is -2.52. The number of carbonyl (C=O) groups excluding carboxylic acids is 1. The topological polar surface area (TPSA) is 26.3 Å². The van der Waals surface area contributed by atoms with Gasteiger partial charge < -0.3 is 4.74 Å². The van der Waals surface area contributed by atoms with Crippen LogP contribution in [-0.4, -0.2) is 25.7 Å². The summed E-state index contributed by atoms with van der Waals surface area (Å²) in [5.74, 6) is -1.39. The van der Waals surface area contributed by atoms with Gasteiger partial charge in [-0.25, -0.2) is 4.79 Å². The van der Waals surface area contributed by atoms with Crippen molar-refractivity contribution in [2.75, 3.05) is 0 Å². The fraction of sp³-hybridized carbons (Fsp3) is 0.875.